The highest BCUT2D eigenvalue weighted by atomic mass is 35.5. The minimum absolute atomic E-state index is 0.220. The largest absolute Gasteiger partial charge is 0.430 e. The van der Waals surface area contributed by atoms with Crippen LogP contribution in [0, 0.1) is 0 Å². The summed E-state index contributed by atoms with van der Waals surface area (Å²) in [6, 6.07) is 1.55. The smallest absolute Gasteiger partial charge is 0.401 e. The Morgan fingerprint density at radius 1 is 1.14 bits per heavy atom. The maximum Gasteiger partial charge on any atom is 0.401 e. The van der Waals surface area contributed by atoms with Crippen LogP contribution in [0.4, 0.5) is 13.2 Å². The predicted octanol–water partition coefficient (Wildman–Crippen LogP) is 4.82. The number of fused-ring (bicyclic) bond motifs is 1. The van der Waals surface area contributed by atoms with E-state index < -0.39 is 12.7 Å². The van der Waals surface area contributed by atoms with E-state index in [1.807, 2.05) is 13.8 Å². The van der Waals surface area contributed by atoms with E-state index in [4.69, 9.17) is 45.3 Å². The van der Waals surface area contributed by atoms with Crippen molar-refractivity contribution >= 4 is 40.6 Å². The van der Waals surface area contributed by atoms with E-state index in [2.05, 4.69) is 0 Å². The van der Waals surface area contributed by atoms with Gasteiger partial charge in [0.2, 0.25) is 0 Å². The van der Waals surface area contributed by atoms with E-state index in [9.17, 15) is 13.2 Å². The number of ether oxygens (including phenoxy) is 1. The lowest BCUT2D eigenvalue weighted by Crippen LogP contribution is -2.35. The summed E-state index contributed by atoms with van der Waals surface area (Å²) >= 11 is 17.6. The Bertz CT molecular complexity index is 644. The summed E-state index contributed by atoms with van der Waals surface area (Å²) in [5, 5.41) is 7.96. The second kappa shape index (κ2) is 12.7. The summed E-state index contributed by atoms with van der Waals surface area (Å²) < 4.78 is 43.6. The molecular formula is C18H27Cl2F3N2O2S. The van der Waals surface area contributed by atoms with Gasteiger partial charge in [0.05, 0.1) is 11.6 Å². The van der Waals surface area contributed by atoms with Crippen LogP contribution in [0.15, 0.2) is 6.07 Å². The fourth-order valence-corrected chi connectivity index (χ4v) is 3.29. The Morgan fingerprint density at radius 3 is 2.11 bits per heavy atom. The third kappa shape index (κ3) is 8.29. The van der Waals surface area contributed by atoms with Gasteiger partial charge in [-0.1, -0.05) is 37.0 Å². The van der Waals surface area contributed by atoms with Crippen molar-refractivity contribution in [1.29, 1.82) is 0 Å². The Kier molecular flexibility index (Phi) is 12.3. The molecule has 1 aromatic carbocycles. The van der Waals surface area contributed by atoms with Crippen LogP contribution in [0.25, 0.3) is 0 Å². The molecule has 162 valence electrons. The molecule has 0 spiro atoms. The number of rotatable bonds is 2. The monoisotopic (exact) mass is 462 g/mol. The van der Waals surface area contributed by atoms with Crippen LogP contribution in [0.1, 0.15) is 25.0 Å². The molecule has 1 aliphatic heterocycles. The summed E-state index contributed by atoms with van der Waals surface area (Å²) in [4.78, 5) is 2.97. The topological polar surface area (TPSA) is 35.9 Å². The molecule has 0 amide bonds. The molecule has 0 saturated heterocycles. The van der Waals surface area contributed by atoms with E-state index in [1.165, 1.54) is 4.90 Å². The maximum absolute atomic E-state index is 12.6. The van der Waals surface area contributed by atoms with Crippen LogP contribution in [0.2, 0.25) is 10.0 Å². The highest BCUT2D eigenvalue weighted by Crippen LogP contribution is 2.38. The van der Waals surface area contributed by atoms with Crippen LogP contribution in [0.5, 0.6) is 5.75 Å². The zero-order valence-corrected chi connectivity index (χ0v) is 19.0. The first-order chi connectivity index (χ1) is 13.1. The van der Waals surface area contributed by atoms with Gasteiger partial charge in [0, 0.05) is 44.9 Å². The van der Waals surface area contributed by atoms with Gasteiger partial charge in [-0.15, -0.1) is 0 Å². The van der Waals surface area contributed by atoms with Crippen molar-refractivity contribution in [3.05, 3.63) is 27.2 Å². The zero-order valence-electron chi connectivity index (χ0n) is 16.7. The maximum atomic E-state index is 12.6. The van der Waals surface area contributed by atoms with Gasteiger partial charge in [-0.3, -0.25) is 4.90 Å². The Morgan fingerprint density at radius 2 is 1.64 bits per heavy atom. The molecule has 1 aliphatic rings. The lowest BCUT2D eigenvalue weighted by molar-refractivity contribution is -0.145. The van der Waals surface area contributed by atoms with Crippen molar-refractivity contribution in [2.45, 2.75) is 32.9 Å². The molecule has 1 heterocycles. The molecule has 0 fully saturated rings. The number of hydrogen-bond donors (Lipinski definition) is 1. The van der Waals surface area contributed by atoms with Crippen molar-refractivity contribution in [2.24, 2.45) is 0 Å². The average molecular weight is 463 g/mol. The number of nitrogens with zero attached hydrogens (tertiary/aromatic N) is 2. The number of aliphatic hydroxyl groups excluding tert-OH is 1. The van der Waals surface area contributed by atoms with Gasteiger partial charge in [0.25, 0.3) is 5.17 Å². The summed E-state index contributed by atoms with van der Waals surface area (Å²) in [6.45, 7) is 3.57. The first-order valence-electron chi connectivity index (χ1n) is 8.71. The first kappa shape index (κ1) is 27.2. The van der Waals surface area contributed by atoms with Crippen molar-refractivity contribution in [1.82, 2.24) is 9.80 Å². The minimum Gasteiger partial charge on any atom is -0.430 e. The van der Waals surface area contributed by atoms with Gasteiger partial charge in [0.1, 0.15) is 0 Å². The molecule has 28 heavy (non-hydrogen) atoms. The third-order valence-corrected chi connectivity index (χ3v) is 4.78. The second-order valence-corrected chi connectivity index (χ2v) is 6.94. The fraction of sp³-hybridized carbons (Fsp3) is 0.611. The molecule has 0 bridgehead atoms. The number of aliphatic hydroxyl groups is 1. The fourth-order valence-electron chi connectivity index (χ4n) is 2.58. The quantitative estimate of drug-likeness (QED) is 0.637. The van der Waals surface area contributed by atoms with Crippen LogP contribution in [0.3, 0.4) is 0 Å². The van der Waals surface area contributed by atoms with Crippen LogP contribution < -0.4 is 4.74 Å². The molecule has 2 rings (SSSR count). The molecule has 1 N–H and O–H groups in total. The Hall–Kier alpha value is -0.800. The van der Waals surface area contributed by atoms with Gasteiger partial charge in [-0.05, 0) is 36.7 Å². The normalized spacial score (nSPS) is 13.8. The van der Waals surface area contributed by atoms with Gasteiger partial charge in [0.15, 0.2) is 5.75 Å². The summed E-state index contributed by atoms with van der Waals surface area (Å²) in [5.41, 5.74) is 1.49. The summed E-state index contributed by atoms with van der Waals surface area (Å²) in [6.07, 6.45) is -3.48. The van der Waals surface area contributed by atoms with Crippen molar-refractivity contribution in [3.8, 4) is 5.75 Å². The molecule has 0 radical (unpaired) electrons. The summed E-state index contributed by atoms with van der Waals surface area (Å²) in [7, 11) is 4.46. The Balaban J connectivity index is 0.00000171. The summed E-state index contributed by atoms with van der Waals surface area (Å²) in [5.74, 6) is 0.378. The first-order valence-corrected chi connectivity index (χ1v) is 9.87. The van der Waals surface area contributed by atoms with Gasteiger partial charge in [-0.2, -0.15) is 13.2 Å². The van der Waals surface area contributed by atoms with E-state index in [1.54, 1.807) is 25.1 Å². The predicted molar refractivity (Wildman–Crippen MR) is 113 cm³/mol. The lowest BCUT2D eigenvalue weighted by atomic mass is 10.0. The van der Waals surface area contributed by atoms with E-state index in [-0.39, 0.29) is 18.3 Å². The standard InChI is InChI=1S/C15H17Cl2F3N2OS.C2H6.CH4O/c1-21(2)14(24)23-13-10-4-6-22(8-15(18,19)20)5-3-9(10)11(16)7-12(13)17;2*1-2/h7H,3-6,8H2,1-2H3;1-2H3;2H,1H3. The second-order valence-electron chi connectivity index (χ2n) is 5.78. The molecule has 4 nitrogen and oxygen atoms in total. The molecule has 0 unspecified atom stereocenters. The SMILES string of the molecule is CC.CN(C)C(=S)Oc1c(Cl)cc(Cl)c2c1CCN(CC(F)(F)F)CC2.CO. The third-order valence-electron chi connectivity index (χ3n) is 3.71. The van der Waals surface area contributed by atoms with Gasteiger partial charge >= 0.3 is 6.18 Å². The molecular weight excluding hydrogens is 436 g/mol. The highest BCUT2D eigenvalue weighted by Gasteiger charge is 2.32. The molecule has 0 atom stereocenters. The molecule has 0 aliphatic carbocycles. The zero-order chi connectivity index (χ0) is 22.1. The number of thiocarbonyl (C=S) groups is 1. The number of benzene rings is 1. The molecule has 10 heteroatoms. The number of alkyl halides is 3. The van der Waals surface area contributed by atoms with Gasteiger partial charge in [-0.25, -0.2) is 0 Å². The van der Waals surface area contributed by atoms with Crippen LogP contribution in [-0.4, -0.2) is 67.1 Å². The van der Waals surface area contributed by atoms with E-state index in [0.29, 0.717) is 28.6 Å². The van der Waals surface area contributed by atoms with Gasteiger partial charge < -0.3 is 14.7 Å². The van der Waals surface area contributed by atoms with E-state index in [0.717, 1.165) is 18.2 Å². The molecule has 0 saturated carbocycles. The van der Waals surface area contributed by atoms with Crippen molar-refractivity contribution < 1.29 is 23.0 Å². The molecule has 0 aromatic heterocycles. The Labute approximate surface area is 180 Å². The van der Waals surface area contributed by atoms with Crippen LogP contribution >= 0.6 is 35.4 Å². The minimum atomic E-state index is -4.23. The van der Waals surface area contributed by atoms with Crippen molar-refractivity contribution in [2.75, 3.05) is 40.8 Å². The average Bonchev–Trinajstić information content (AvgIpc) is 2.83. The molecule has 1 aromatic rings. The van der Waals surface area contributed by atoms with Crippen molar-refractivity contribution in [3.63, 3.8) is 0 Å². The van der Waals surface area contributed by atoms with Crippen LogP contribution in [-0.2, 0) is 12.8 Å². The number of hydrogen-bond acceptors (Lipinski definition) is 4. The number of halogens is 5. The lowest BCUT2D eigenvalue weighted by Gasteiger charge is -2.21. The highest BCUT2D eigenvalue weighted by molar-refractivity contribution is 7.80. The van der Waals surface area contributed by atoms with E-state index >= 15 is 0 Å².